The Morgan fingerprint density at radius 2 is 2.21 bits per heavy atom. The van der Waals surface area contributed by atoms with Crippen molar-refractivity contribution in [3.05, 3.63) is 40.2 Å². The number of nitrogens with zero attached hydrogens (tertiary/aromatic N) is 2. The Morgan fingerprint density at radius 3 is 3.00 bits per heavy atom. The van der Waals surface area contributed by atoms with Crippen LogP contribution in [0.15, 0.2) is 29.6 Å². The number of aryl methyl sites for hydroxylation is 1. The molecule has 0 saturated carbocycles. The summed E-state index contributed by atoms with van der Waals surface area (Å²) in [4.78, 5) is 21.2. The van der Waals surface area contributed by atoms with E-state index in [1.165, 1.54) is 15.8 Å². The van der Waals surface area contributed by atoms with Crippen LogP contribution in [0.25, 0.3) is 22.3 Å². The lowest BCUT2D eigenvalue weighted by molar-refractivity contribution is 0.106. The molecule has 1 amide bonds. The molecule has 0 spiro atoms. The predicted molar refractivity (Wildman–Crippen MR) is 95.5 cm³/mol. The molecular formula is C18H19N3O2S. The van der Waals surface area contributed by atoms with E-state index in [2.05, 4.69) is 24.0 Å². The van der Waals surface area contributed by atoms with Gasteiger partial charge in [0.1, 0.15) is 5.01 Å². The monoisotopic (exact) mass is 341 g/mol. The van der Waals surface area contributed by atoms with Gasteiger partial charge in [-0.3, -0.25) is 4.90 Å². The molecule has 6 heteroatoms. The maximum absolute atomic E-state index is 11.5. The number of H-pyrrole nitrogens is 1. The summed E-state index contributed by atoms with van der Waals surface area (Å²) in [6, 6.07) is 8.10. The van der Waals surface area contributed by atoms with Crippen LogP contribution in [0.4, 0.5) is 4.79 Å². The number of benzene rings is 1. The first-order valence-corrected chi connectivity index (χ1v) is 9.06. The van der Waals surface area contributed by atoms with Crippen LogP contribution in [-0.2, 0) is 0 Å². The van der Waals surface area contributed by atoms with Crippen LogP contribution in [-0.4, -0.2) is 32.6 Å². The van der Waals surface area contributed by atoms with Gasteiger partial charge in [0.2, 0.25) is 0 Å². The van der Waals surface area contributed by atoms with Crippen molar-refractivity contribution in [1.29, 1.82) is 0 Å². The molecule has 0 bridgehead atoms. The first-order valence-electron chi connectivity index (χ1n) is 8.18. The van der Waals surface area contributed by atoms with Gasteiger partial charge >= 0.3 is 6.09 Å². The molecule has 1 saturated heterocycles. The van der Waals surface area contributed by atoms with E-state index in [1.54, 1.807) is 11.3 Å². The zero-order valence-electron chi connectivity index (χ0n) is 13.5. The third-order valence-corrected chi connectivity index (χ3v) is 5.72. The number of piperidine rings is 1. The van der Waals surface area contributed by atoms with E-state index in [0.717, 1.165) is 41.2 Å². The zero-order chi connectivity index (χ0) is 16.7. The molecule has 2 N–H and O–H groups in total. The summed E-state index contributed by atoms with van der Waals surface area (Å²) in [5, 5.41) is 13.6. The molecule has 3 aromatic rings. The van der Waals surface area contributed by atoms with Gasteiger partial charge < -0.3 is 10.1 Å². The number of carboxylic acid groups (broad SMARTS) is 1. The number of aromatic nitrogens is 2. The fourth-order valence-electron chi connectivity index (χ4n) is 3.51. The lowest BCUT2D eigenvalue weighted by Crippen LogP contribution is -2.37. The van der Waals surface area contributed by atoms with Crippen molar-refractivity contribution in [3.8, 4) is 11.4 Å². The number of hydrogen-bond donors (Lipinski definition) is 2. The average Bonchev–Trinajstić information content (AvgIpc) is 3.20. The average molecular weight is 341 g/mol. The molecule has 0 aliphatic carbocycles. The number of likely N-dealkylation sites (tertiary alicyclic amines) is 1. The lowest BCUT2D eigenvalue weighted by atomic mass is 10.0. The van der Waals surface area contributed by atoms with E-state index in [0.29, 0.717) is 6.54 Å². The molecule has 1 aliphatic rings. The van der Waals surface area contributed by atoms with Crippen molar-refractivity contribution >= 4 is 28.3 Å². The third kappa shape index (κ3) is 2.47. The van der Waals surface area contributed by atoms with Gasteiger partial charge in [0.25, 0.3) is 0 Å². The molecule has 1 fully saturated rings. The fourth-order valence-corrected chi connectivity index (χ4v) is 4.47. The highest BCUT2D eigenvalue weighted by Gasteiger charge is 2.30. The van der Waals surface area contributed by atoms with Crippen molar-refractivity contribution in [2.45, 2.75) is 32.2 Å². The number of thiazole rings is 1. The van der Waals surface area contributed by atoms with Crippen LogP contribution in [0, 0.1) is 6.92 Å². The maximum atomic E-state index is 11.5. The largest absolute Gasteiger partial charge is 0.465 e. The summed E-state index contributed by atoms with van der Waals surface area (Å²) in [6.45, 7) is 2.69. The highest BCUT2D eigenvalue weighted by molar-refractivity contribution is 7.10. The van der Waals surface area contributed by atoms with Crippen molar-refractivity contribution < 1.29 is 9.90 Å². The summed E-state index contributed by atoms with van der Waals surface area (Å²) < 4.78 is 0. The Kier molecular flexibility index (Phi) is 3.76. The Bertz CT molecular complexity index is 899. The van der Waals surface area contributed by atoms with Gasteiger partial charge in [-0.2, -0.15) is 0 Å². The van der Waals surface area contributed by atoms with Crippen LogP contribution in [0.3, 0.4) is 0 Å². The van der Waals surface area contributed by atoms with Crippen LogP contribution in [0.2, 0.25) is 0 Å². The number of amides is 1. The fraction of sp³-hybridized carbons (Fsp3) is 0.333. The molecule has 3 heterocycles. The van der Waals surface area contributed by atoms with E-state index in [-0.39, 0.29) is 6.04 Å². The van der Waals surface area contributed by atoms with Gasteiger partial charge in [-0.25, -0.2) is 9.78 Å². The minimum atomic E-state index is -0.849. The highest BCUT2D eigenvalue weighted by atomic mass is 32.1. The topological polar surface area (TPSA) is 69.2 Å². The van der Waals surface area contributed by atoms with Crippen molar-refractivity contribution in [2.75, 3.05) is 6.54 Å². The summed E-state index contributed by atoms with van der Waals surface area (Å²) in [6.07, 6.45) is 1.99. The second-order valence-electron chi connectivity index (χ2n) is 6.23. The smallest absolute Gasteiger partial charge is 0.407 e. The molecule has 0 radical (unpaired) electrons. The van der Waals surface area contributed by atoms with E-state index < -0.39 is 6.09 Å². The van der Waals surface area contributed by atoms with E-state index in [9.17, 15) is 9.90 Å². The molecule has 4 rings (SSSR count). The predicted octanol–water partition coefficient (Wildman–Crippen LogP) is 4.80. The van der Waals surface area contributed by atoms with Crippen molar-refractivity contribution in [3.63, 3.8) is 0 Å². The van der Waals surface area contributed by atoms with Gasteiger partial charge in [-0.05, 0) is 37.8 Å². The van der Waals surface area contributed by atoms with Crippen LogP contribution >= 0.6 is 11.3 Å². The van der Waals surface area contributed by atoms with Crippen LogP contribution in [0.5, 0.6) is 0 Å². The number of rotatable bonds is 2. The molecular weight excluding hydrogens is 322 g/mol. The molecule has 1 atom stereocenters. The Hall–Kier alpha value is -2.34. The SMILES string of the molecule is Cc1c(-c2csc([C@H]3CCCCN3C(=O)O)n2)[nH]c2ccccc12. The second-order valence-corrected chi connectivity index (χ2v) is 7.12. The van der Waals surface area contributed by atoms with Crippen LogP contribution in [0.1, 0.15) is 35.9 Å². The normalized spacial score (nSPS) is 18.2. The molecule has 1 aliphatic heterocycles. The first kappa shape index (κ1) is 15.2. The summed E-state index contributed by atoms with van der Waals surface area (Å²) in [5.74, 6) is 0. The molecule has 2 aromatic heterocycles. The Labute approximate surface area is 144 Å². The number of hydrogen-bond acceptors (Lipinski definition) is 3. The lowest BCUT2D eigenvalue weighted by Gasteiger charge is -2.32. The molecule has 24 heavy (non-hydrogen) atoms. The first-order chi connectivity index (χ1) is 11.6. The zero-order valence-corrected chi connectivity index (χ0v) is 14.3. The number of carbonyl (C=O) groups is 1. The molecule has 1 aromatic carbocycles. The number of para-hydroxylation sites is 1. The van der Waals surface area contributed by atoms with Gasteiger partial charge in [-0.1, -0.05) is 18.2 Å². The standard InChI is InChI=1S/C18H19N3O2S/c1-11-12-6-2-3-7-13(12)19-16(11)14-10-24-17(20-14)15-8-4-5-9-21(15)18(22)23/h2-3,6-7,10,15,19H,4-5,8-9H2,1H3,(H,22,23)/t15-/m1/s1. The van der Waals surface area contributed by atoms with Gasteiger partial charge in [-0.15, -0.1) is 11.3 Å². The second kappa shape index (κ2) is 5.94. The maximum Gasteiger partial charge on any atom is 0.407 e. The summed E-state index contributed by atoms with van der Waals surface area (Å²) in [7, 11) is 0. The van der Waals surface area contributed by atoms with Gasteiger partial charge in [0, 0.05) is 22.8 Å². The van der Waals surface area contributed by atoms with E-state index in [1.807, 2.05) is 17.5 Å². The van der Waals surface area contributed by atoms with E-state index >= 15 is 0 Å². The highest BCUT2D eigenvalue weighted by Crippen LogP contribution is 2.36. The Morgan fingerprint density at radius 1 is 1.38 bits per heavy atom. The third-order valence-electron chi connectivity index (χ3n) is 4.78. The Balaban J connectivity index is 1.71. The minimum absolute atomic E-state index is 0.111. The van der Waals surface area contributed by atoms with Gasteiger partial charge in [0.05, 0.1) is 17.4 Å². The van der Waals surface area contributed by atoms with E-state index in [4.69, 9.17) is 4.98 Å². The summed E-state index contributed by atoms with van der Waals surface area (Å²) in [5.41, 5.74) is 4.21. The van der Waals surface area contributed by atoms with Crippen molar-refractivity contribution in [1.82, 2.24) is 14.9 Å². The summed E-state index contributed by atoms with van der Waals surface area (Å²) >= 11 is 1.55. The number of nitrogens with one attached hydrogen (secondary N) is 1. The van der Waals surface area contributed by atoms with Gasteiger partial charge in [0.15, 0.2) is 0 Å². The van der Waals surface area contributed by atoms with Crippen LogP contribution < -0.4 is 0 Å². The molecule has 0 unspecified atom stereocenters. The molecule has 124 valence electrons. The molecule has 5 nitrogen and oxygen atoms in total. The quantitative estimate of drug-likeness (QED) is 0.703. The number of fused-ring (bicyclic) bond motifs is 1. The van der Waals surface area contributed by atoms with Crippen molar-refractivity contribution in [2.24, 2.45) is 0 Å². The number of aromatic amines is 1. The minimum Gasteiger partial charge on any atom is -0.465 e.